The molecule has 3 aliphatic rings. The molecule has 0 aromatic heterocycles. The van der Waals surface area contributed by atoms with E-state index in [0.29, 0.717) is 6.42 Å². The predicted octanol–water partition coefficient (Wildman–Crippen LogP) is 5.75. The van der Waals surface area contributed by atoms with Crippen LogP contribution in [0.15, 0.2) is 0 Å². The van der Waals surface area contributed by atoms with Crippen molar-refractivity contribution < 1.29 is 65.9 Å². The summed E-state index contributed by atoms with van der Waals surface area (Å²) in [5.74, 6) is -9.41. The van der Waals surface area contributed by atoms with E-state index in [2.05, 4.69) is 21.3 Å². The minimum absolute atomic E-state index is 0.0303. The van der Waals surface area contributed by atoms with Crippen LogP contribution in [0.5, 0.6) is 0 Å². The smallest absolute Gasteiger partial charge is 0.343 e. The molecule has 1 saturated heterocycles. The third kappa shape index (κ3) is 23.0. The standard InChI is InChI=1S/C65H112F3N11O11/c1-19-42(8)56-62(89)75(14)37-54(82)73(12)38-55(83)78(17)51(35-45-23-21-20-22-24-45)61(88)74(13)36-52(80)69-47(30-27-44-25-28-46(29-26-44)65(66,67)68)57(84)70-49(32-40(4)5)60(87)79(18)64(10,11)63(90)71-48(31-39(2)3)59(86)76(15)43(9)34-53(81)77(16)50(33-41(6)7)58(85)72-56/h39-51,56H,19-38H2,1-18H3,(H,69,80)(H,70,84)(H,71,90)(H,72,85)/t42-,43+,44?,46?,47-,48-,49-,50-,51-,56-/m0/s1. The van der Waals surface area contributed by atoms with Crippen LogP contribution in [0, 0.1) is 41.4 Å². The lowest BCUT2D eigenvalue weighted by molar-refractivity contribution is -0.184. The van der Waals surface area contributed by atoms with E-state index in [1.807, 2.05) is 48.5 Å². The van der Waals surface area contributed by atoms with Crippen molar-refractivity contribution in [3.05, 3.63) is 0 Å². The molecule has 1 aliphatic heterocycles. The molecule has 25 heteroatoms. The molecule has 3 rings (SSSR count). The average molecular weight is 1280 g/mol. The molecule has 11 amide bonds. The fourth-order valence-electron chi connectivity index (χ4n) is 12.3. The van der Waals surface area contributed by atoms with Gasteiger partial charge in [0.2, 0.25) is 65.0 Å². The quantitative estimate of drug-likeness (QED) is 0.173. The molecule has 514 valence electrons. The second kappa shape index (κ2) is 35.1. The first kappa shape index (κ1) is 78.2. The highest BCUT2D eigenvalue weighted by Gasteiger charge is 2.44. The number of alkyl halides is 3. The maximum atomic E-state index is 14.8. The zero-order chi connectivity index (χ0) is 68.4. The molecule has 22 nitrogen and oxygen atoms in total. The van der Waals surface area contributed by atoms with Gasteiger partial charge >= 0.3 is 6.18 Å². The maximum Gasteiger partial charge on any atom is 0.391 e. The predicted molar refractivity (Wildman–Crippen MR) is 337 cm³/mol. The molecule has 4 N–H and O–H groups in total. The summed E-state index contributed by atoms with van der Waals surface area (Å²) in [5.41, 5.74) is -1.66. The Morgan fingerprint density at radius 2 is 1.03 bits per heavy atom. The van der Waals surface area contributed by atoms with E-state index in [0.717, 1.165) is 41.9 Å². The van der Waals surface area contributed by atoms with E-state index in [4.69, 9.17) is 0 Å². The first-order valence-corrected chi connectivity index (χ1v) is 32.8. The van der Waals surface area contributed by atoms with Gasteiger partial charge in [-0.25, -0.2) is 0 Å². The molecule has 0 bridgehead atoms. The number of hydrogen-bond acceptors (Lipinski definition) is 11. The number of likely N-dealkylation sites (N-methyl/N-ethyl adjacent to an activating group) is 7. The van der Waals surface area contributed by atoms with E-state index in [1.54, 1.807) is 13.8 Å². The summed E-state index contributed by atoms with van der Waals surface area (Å²) < 4.78 is 41.2. The molecule has 8 atom stereocenters. The monoisotopic (exact) mass is 1280 g/mol. The number of hydrogen-bond donors (Lipinski definition) is 4. The minimum Gasteiger partial charge on any atom is -0.343 e. The van der Waals surface area contributed by atoms with Crippen LogP contribution >= 0.6 is 0 Å². The highest BCUT2D eigenvalue weighted by molar-refractivity contribution is 5.98. The number of nitrogens with one attached hydrogen (secondary N) is 4. The van der Waals surface area contributed by atoms with Crippen molar-refractivity contribution in [2.75, 3.05) is 69.0 Å². The molecule has 90 heavy (non-hydrogen) atoms. The largest absolute Gasteiger partial charge is 0.391 e. The number of rotatable bonds is 13. The summed E-state index contributed by atoms with van der Waals surface area (Å²) in [6.45, 7) is 17.9. The number of carbonyl (C=O) groups is 11. The molecule has 0 radical (unpaired) electrons. The summed E-state index contributed by atoms with van der Waals surface area (Å²) in [4.78, 5) is 167. The normalized spacial score (nSPS) is 27.8. The number of nitrogens with zero attached hydrogens (tertiary/aromatic N) is 7. The van der Waals surface area contributed by atoms with Crippen LogP contribution in [0.1, 0.15) is 185 Å². The average Bonchev–Trinajstić information content (AvgIpc) is 0.890. The van der Waals surface area contributed by atoms with Gasteiger partial charge in [-0.05, 0) is 120 Å². The Labute approximate surface area is 534 Å². The lowest BCUT2D eigenvalue weighted by atomic mass is 9.79. The van der Waals surface area contributed by atoms with E-state index in [-0.39, 0.29) is 100 Å². The molecular weight excluding hydrogens is 1170 g/mol. The second-order valence-electron chi connectivity index (χ2n) is 28.2. The third-order valence-corrected chi connectivity index (χ3v) is 19.0. The van der Waals surface area contributed by atoms with Crippen molar-refractivity contribution in [3.63, 3.8) is 0 Å². The Kier molecular flexibility index (Phi) is 30.5. The van der Waals surface area contributed by atoms with Gasteiger partial charge in [0.1, 0.15) is 41.8 Å². The van der Waals surface area contributed by atoms with Crippen molar-refractivity contribution in [1.82, 2.24) is 55.6 Å². The van der Waals surface area contributed by atoms with E-state index in [1.165, 1.54) is 87.7 Å². The highest BCUT2D eigenvalue weighted by Crippen LogP contribution is 2.41. The Bertz CT molecular complexity index is 2470. The zero-order valence-corrected chi connectivity index (χ0v) is 57.5. The fourth-order valence-corrected chi connectivity index (χ4v) is 12.3. The molecular formula is C65H112F3N11O11. The van der Waals surface area contributed by atoms with Gasteiger partial charge in [0, 0.05) is 61.8 Å². The van der Waals surface area contributed by atoms with Crippen LogP contribution in [0.25, 0.3) is 0 Å². The van der Waals surface area contributed by atoms with Crippen LogP contribution in [0.3, 0.4) is 0 Å². The number of amides is 11. The molecule has 0 aromatic rings. The third-order valence-electron chi connectivity index (χ3n) is 19.0. The van der Waals surface area contributed by atoms with Crippen molar-refractivity contribution in [2.24, 2.45) is 41.4 Å². The molecule has 0 unspecified atom stereocenters. The fraction of sp³-hybridized carbons (Fsp3) is 0.831. The summed E-state index contributed by atoms with van der Waals surface area (Å²) in [6, 6.07) is -7.78. The van der Waals surface area contributed by atoms with Crippen LogP contribution < -0.4 is 21.3 Å². The van der Waals surface area contributed by atoms with Gasteiger partial charge in [0.15, 0.2) is 0 Å². The van der Waals surface area contributed by atoms with E-state index >= 15 is 0 Å². The lowest BCUT2D eigenvalue weighted by Crippen LogP contribution is -2.63. The first-order valence-electron chi connectivity index (χ1n) is 32.8. The Morgan fingerprint density at radius 3 is 1.57 bits per heavy atom. The van der Waals surface area contributed by atoms with Gasteiger partial charge in [-0.3, -0.25) is 52.7 Å². The Balaban J connectivity index is 2.18. The minimum atomic E-state index is -4.34. The molecule has 0 spiro atoms. The summed E-state index contributed by atoms with van der Waals surface area (Å²) in [7, 11) is 10.0. The van der Waals surface area contributed by atoms with E-state index < -0.39 is 150 Å². The van der Waals surface area contributed by atoms with E-state index in [9.17, 15) is 65.9 Å². The van der Waals surface area contributed by atoms with Crippen molar-refractivity contribution in [1.29, 1.82) is 0 Å². The van der Waals surface area contributed by atoms with Crippen molar-refractivity contribution in [3.8, 4) is 0 Å². The molecule has 3 fully saturated rings. The van der Waals surface area contributed by atoms with Gasteiger partial charge in [0.25, 0.3) is 0 Å². The van der Waals surface area contributed by atoms with Crippen molar-refractivity contribution >= 4 is 65.0 Å². The van der Waals surface area contributed by atoms with Crippen LogP contribution in [0.4, 0.5) is 13.2 Å². The summed E-state index contributed by atoms with van der Waals surface area (Å²) in [5, 5.41) is 11.3. The molecule has 2 saturated carbocycles. The zero-order valence-electron chi connectivity index (χ0n) is 57.5. The highest BCUT2D eigenvalue weighted by atomic mass is 19.4. The van der Waals surface area contributed by atoms with Crippen LogP contribution in [-0.2, 0) is 52.7 Å². The first-order chi connectivity index (χ1) is 41.7. The van der Waals surface area contributed by atoms with Crippen LogP contribution in [-0.4, -0.2) is 222 Å². The van der Waals surface area contributed by atoms with Gasteiger partial charge in [0.05, 0.1) is 25.6 Å². The summed E-state index contributed by atoms with van der Waals surface area (Å²) in [6.07, 6.45) is 1.54. The number of halogens is 3. The van der Waals surface area contributed by atoms with Gasteiger partial charge in [-0.1, -0.05) is 93.9 Å². The maximum absolute atomic E-state index is 14.8. The lowest BCUT2D eigenvalue weighted by Gasteiger charge is -2.39. The second-order valence-corrected chi connectivity index (χ2v) is 28.2. The van der Waals surface area contributed by atoms with Gasteiger partial charge in [-0.15, -0.1) is 0 Å². The summed E-state index contributed by atoms with van der Waals surface area (Å²) >= 11 is 0. The van der Waals surface area contributed by atoms with Gasteiger partial charge in [-0.2, -0.15) is 13.2 Å². The Morgan fingerprint density at radius 1 is 0.511 bits per heavy atom. The SMILES string of the molecule is CC[C@H](C)[C@@H]1NC(=O)[C@H](CC(C)C)N(C)C(=O)C[C@@H](C)N(C)C(=O)[C@H](CC(C)C)NC(=O)C(C)(C)N(C)C(=O)[C@H](CC(C)C)NC(=O)[C@H](CCC2CCC(C(F)(F)F)CC2)NC(=O)CN(C)C(=O)[C@H](CC2CCCCC2)N(C)C(=O)CN(C)C(=O)CN(C)C1=O. The van der Waals surface area contributed by atoms with Gasteiger partial charge < -0.3 is 55.6 Å². The number of carbonyl (C=O) groups excluding carboxylic acids is 11. The van der Waals surface area contributed by atoms with Crippen molar-refractivity contribution in [2.45, 2.75) is 239 Å². The van der Waals surface area contributed by atoms with Crippen LogP contribution in [0.2, 0.25) is 0 Å². The molecule has 1 heterocycles. The molecule has 2 aliphatic carbocycles. The topological polar surface area (TPSA) is 259 Å². The Hall–Kier alpha value is -6.04. The molecule has 0 aromatic carbocycles.